The van der Waals surface area contributed by atoms with Gasteiger partial charge in [-0.25, -0.2) is 0 Å². The van der Waals surface area contributed by atoms with Crippen LogP contribution in [-0.2, 0) is 16.0 Å². The molecule has 134 valence electrons. The molecule has 0 spiro atoms. The van der Waals surface area contributed by atoms with Crippen LogP contribution in [0.25, 0.3) is 0 Å². The summed E-state index contributed by atoms with van der Waals surface area (Å²) in [7, 11) is 0. The van der Waals surface area contributed by atoms with Crippen molar-refractivity contribution >= 4 is 17.5 Å². The molecule has 2 fully saturated rings. The first-order chi connectivity index (χ1) is 12.1. The highest BCUT2D eigenvalue weighted by Gasteiger charge is 2.40. The lowest BCUT2D eigenvalue weighted by Crippen LogP contribution is -2.55. The Morgan fingerprint density at radius 1 is 1.16 bits per heavy atom. The van der Waals surface area contributed by atoms with Crippen molar-refractivity contribution < 1.29 is 9.59 Å². The lowest BCUT2D eigenvalue weighted by molar-refractivity contribution is -0.125. The van der Waals surface area contributed by atoms with Gasteiger partial charge in [0.25, 0.3) is 0 Å². The summed E-state index contributed by atoms with van der Waals surface area (Å²) in [4.78, 5) is 26.7. The van der Waals surface area contributed by atoms with E-state index in [1.807, 2.05) is 24.3 Å². The molecule has 2 atom stereocenters. The van der Waals surface area contributed by atoms with E-state index in [9.17, 15) is 9.59 Å². The summed E-state index contributed by atoms with van der Waals surface area (Å²) in [5, 5.41) is 3.25. The lowest BCUT2D eigenvalue weighted by atomic mass is 9.67. The number of rotatable bonds is 3. The number of carbonyl (C=O) groups excluding carboxylic acids is 2. The largest absolute Gasteiger partial charge is 0.351 e. The number of carbonyl (C=O) groups is 2. The second kappa shape index (κ2) is 6.79. The maximum absolute atomic E-state index is 12.7. The van der Waals surface area contributed by atoms with Crippen molar-refractivity contribution in [3.63, 3.8) is 0 Å². The SMILES string of the molecule is NC1CC2CCCC(C1)C2NC(=O)CN1C(=O)CCc2ccccc21. The molecular formula is C20H27N3O2. The fraction of sp³-hybridized carbons (Fsp3) is 0.600. The van der Waals surface area contributed by atoms with Crippen LogP contribution < -0.4 is 16.0 Å². The fourth-order valence-corrected chi connectivity index (χ4v) is 5.07. The van der Waals surface area contributed by atoms with Crippen LogP contribution in [0.1, 0.15) is 44.1 Å². The smallest absolute Gasteiger partial charge is 0.240 e. The van der Waals surface area contributed by atoms with Gasteiger partial charge in [0.15, 0.2) is 0 Å². The quantitative estimate of drug-likeness (QED) is 0.883. The monoisotopic (exact) mass is 341 g/mol. The van der Waals surface area contributed by atoms with Crippen LogP contribution >= 0.6 is 0 Å². The van der Waals surface area contributed by atoms with Gasteiger partial charge in [0.1, 0.15) is 6.54 Å². The molecule has 0 aromatic heterocycles. The highest BCUT2D eigenvalue weighted by Crippen LogP contribution is 2.39. The predicted molar refractivity (Wildman–Crippen MR) is 97.1 cm³/mol. The molecule has 3 N–H and O–H groups in total. The number of anilines is 1. The third-order valence-corrected chi connectivity index (χ3v) is 6.20. The number of nitrogens with zero attached hydrogens (tertiary/aromatic N) is 1. The Hall–Kier alpha value is -1.88. The average Bonchev–Trinajstić information content (AvgIpc) is 2.58. The van der Waals surface area contributed by atoms with Gasteiger partial charge < -0.3 is 16.0 Å². The van der Waals surface area contributed by atoms with Crippen molar-refractivity contribution in [1.29, 1.82) is 0 Å². The first kappa shape index (κ1) is 16.6. The summed E-state index contributed by atoms with van der Waals surface area (Å²) >= 11 is 0. The van der Waals surface area contributed by atoms with Crippen LogP contribution in [0.5, 0.6) is 0 Å². The number of benzene rings is 1. The van der Waals surface area contributed by atoms with Gasteiger partial charge in [-0.2, -0.15) is 0 Å². The highest BCUT2D eigenvalue weighted by atomic mass is 16.2. The maximum atomic E-state index is 12.7. The molecule has 3 aliphatic rings. The molecular weight excluding hydrogens is 314 g/mol. The van der Waals surface area contributed by atoms with E-state index in [0.29, 0.717) is 18.3 Å². The predicted octanol–water partition coefficient (Wildman–Crippen LogP) is 1.99. The maximum Gasteiger partial charge on any atom is 0.240 e. The van der Waals surface area contributed by atoms with Crippen LogP contribution in [0.3, 0.4) is 0 Å². The molecule has 5 heteroatoms. The zero-order chi connectivity index (χ0) is 17.4. The number of amides is 2. The minimum Gasteiger partial charge on any atom is -0.351 e. The van der Waals surface area contributed by atoms with Gasteiger partial charge in [0.05, 0.1) is 0 Å². The zero-order valence-corrected chi connectivity index (χ0v) is 14.6. The molecule has 1 aromatic carbocycles. The molecule has 2 aliphatic carbocycles. The Labute approximate surface area is 148 Å². The van der Waals surface area contributed by atoms with Gasteiger partial charge in [0, 0.05) is 24.2 Å². The second-order valence-electron chi connectivity index (χ2n) is 7.88. The topological polar surface area (TPSA) is 75.4 Å². The molecule has 2 bridgehead atoms. The summed E-state index contributed by atoms with van der Waals surface area (Å²) in [5.41, 5.74) is 8.21. The van der Waals surface area contributed by atoms with Gasteiger partial charge >= 0.3 is 0 Å². The van der Waals surface area contributed by atoms with Crippen LogP contribution in [0.15, 0.2) is 24.3 Å². The van der Waals surface area contributed by atoms with E-state index in [-0.39, 0.29) is 30.4 Å². The molecule has 2 unspecified atom stereocenters. The third kappa shape index (κ3) is 3.30. The van der Waals surface area contributed by atoms with Gasteiger partial charge in [-0.05, 0) is 55.6 Å². The standard InChI is InChI=1S/C20H27N3O2/c21-16-10-14-5-3-6-15(11-16)20(14)22-18(24)12-23-17-7-2-1-4-13(17)8-9-19(23)25/h1-2,4,7,14-16,20H,3,5-6,8-12,21H2,(H,22,24). The fourth-order valence-electron chi connectivity index (χ4n) is 5.07. The summed E-state index contributed by atoms with van der Waals surface area (Å²) in [5.74, 6) is 0.994. The molecule has 25 heavy (non-hydrogen) atoms. The number of para-hydroxylation sites is 1. The zero-order valence-electron chi connectivity index (χ0n) is 14.6. The van der Waals surface area contributed by atoms with Crippen LogP contribution in [0.2, 0.25) is 0 Å². The number of hydrogen-bond donors (Lipinski definition) is 2. The summed E-state index contributed by atoms with van der Waals surface area (Å²) in [6.45, 7) is 0.123. The summed E-state index contributed by atoms with van der Waals surface area (Å²) < 4.78 is 0. The first-order valence-corrected chi connectivity index (χ1v) is 9.55. The van der Waals surface area contributed by atoms with E-state index < -0.39 is 0 Å². The molecule has 5 nitrogen and oxygen atoms in total. The molecule has 1 aromatic rings. The van der Waals surface area contributed by atoms with E-state index in [2.05, 4.69) is 5.32 Å². The molecule has 1 aliphatic heterocycles. The highest BCUT2D eigenvalue weighted by molar-refractivity contribution is 6.01. The molecule has 0 saturated heterocycles. The van der Waals surface area contributed by atoms with E-state index in [4.69, 9.17) is 5.73 Å². The van der Waals surface area contributed by atoms with Crippen molar-refractivity contribution in [3.05, 3.63) is 29.8 Å². The number of fused-ring (bicyclic) bond motifs is 3. The first-order valence-electron chi connectivity index (χ1n) is 9.55. The van der Waals surface area contributed by atoms with Gasteiger partial charge in [-0.15, -0.1) is 0 Å². The Balaban J connectivity index is 1.45. The van der Waals surface area contributed by atoms with E-state index >= 15 is 0 Å². The number of nitrogens with two attached hydrogens (primary N) is 1. The van der Waals surface area contributed by atoms with Gasteiger partial charge in [-0.3, -0.25) is 9.59 Å². The molecule has 2 saturated carbocycles. The second-order valence-corrected chi connectivity index (χ2v) is 7.88. The van der Waals surface area contributed by atoms with Gasteiger partial charge in [0.2, 0.25) is 11.8 Å². The van der Waals surface area contributed by atoms with E-state index in [0.717, 1.165) is 43.4 Å². The molecule has 0 radical (unpaired) electrons. The molecule has 2 amide bonds. The molecule has 1 heterocycles. The Morgan fingerprint density at radius 2 is 1.88 bits per heavy atom. The van der Waals surface area contributed by atoms with Crippen LogP contribution in [0.4, 0.5) is 5.69 Å². The van der Waals surface area contributed by atoms with Crippen molar-refractivity contribution in [3.8, 4) is 0 Å². The average molecular weight is 341 g/mol. The lowest BCUT2D eigenvalue weighted by Gasteiger charge is -2.45. The van der Waals surface area contributed by atoms with Crippen molar-refractivity contribution in [1.82, 2.24) is 5.32 Å². The summed E-state index contributed by atoms with van der Waals surface area (Å²) in [6, 6.07) is 8.40. The number of hydrogen-bond acceptors (Lipinski definition) is 3. The van der Waals surface area contributed by atoms with E-state index in [1.54, 1.807) is 4.90 Å². The number of nitrogens with one attached hydrogen (secondary N) is 1. The van der Waals surface area contributed by atoms with Crippen molar-refractivity contribution in [2.75, 3.05) is 11.4 Å². The normalized spacial score (nSPS) is 31.4. The van der Waals surface area contributed by atoms with Crippen molar-refractivity contribution in [2.45, 2.75) is 57.0 Å². The van der Waals surface area contributed by atoms with Crippen LogP contribution in [0, 0.1) is 11.8 Å². The van der Waals surface area contributed by atoms with Crippen LogP contribution in [-0.4, -0.2) is 30.4 Å². The van der Waals surface area contributed by atoms with Crippen molar-refractivity contribution in [2.24, 2.45) is 17.6 Å². The minimum absolute atomic E-state index is 0.0394. The number of aryl methyl sites for hydroxylation is 1. The molecule has 4 rings (SSSR count). The third-order valence-electron chi connectivity index (χ3n) is 6.20. The minimum atomic E-state index is -0.0394. The van der Waals surface area contributed by atoms with Gasteiger partial charge in [-0.1, -0.05) is 24.6 Å². The Bertz CT molecular complexity index is 661. The van der Waals surface area contributed by atoms with E-state index in [1.165, 1.54) is 6.42 Å². The summed E-state index contributed by atoms with van der Waals surface area (Å²) in [6.07, 6.45) is 6.80. The Kier molecular flexibility index (Phi) is 4.50. The Morgan fingerprint density at radius 3 is 2.64 bits per heavy atom.